The number of hydrogen-bond acceptors (Lipinski definition) is 5. The fourth-order valence-electron chi connectivity index (χ4n) is 2.94. The van der Waals surface area contributed by atoms with Gasteiger partial charge in [-0.15, -0.1) is 0 Å². The minimum atomic E-state index is -0.282. The van der Waals surface area contributed by atoms with Crippen molar-refractivity contribution in [2.24, 2.45) is 0 Å². The molecular formula is C18H17FN4O. The smallest absolute Gasteiger partial charge is 0.225 e. The van der Waals surface area contributed by atoms with Crippen LogP contribution in [0.25, 0.3) is 11.3 Å². The first-order valence-corrected chi connectivity index (χ1v) is 8.04. The lowest BCUT2D eigenvalue weighted by Gasteiger charge is -2.26. The molecule has 0 radical (unpaired) electrons. The number of nitrogens with zero attached hydrogens (tertiary/aromatic N) is 4. The predicted molar refractivity (Wildman–Crippen MR) is 88.1 cm³/mol. The number of benzene rings is 1. The summed E-state index contributed by atoms with van der Waals surface area (Å²) in [5, 5.41) is 4.16. The number of halogens is 1. The van der Waals surface area contributed by atoms with Crippen LogP contribution in [-0.4, -0.2) is 21.7 Å². The fourth-order valence-corrected chi connectivity index (χ4v) is 2.94. The molecule has 0 unspecified atom stereocenters. The van der Waals surface area contributed by atoms with E-state index < -0.39 is 0 Å². The van der Waals surface area contributed by atoms with E-state index in [1.807, 2.05) is 18.5 Å². The third kappa shape index (κ3) is 2.64. The molecular weight excluding hydrogens is 307 g/mol. The molecule has 0 bridgehead atoms. The lowest BCUT2D eigenvalue weighted by atomic mass is 10.0. The molecule has 0 N–H and O–H groups in total. The van der Waals surface area contributed by atoms with Crippen molar-refractivity contribution >= 4 is 5.95 Å². The van der Waals surface area contributed by atoms with Crippen LogP contribution in [0.1, 0.15) is 23.8 Å². The van der Waals surface area contributed by atoms with E-state index in [1.165, 1.54) is 12.1 Å². The highest BCUT2D eigenvalue weighted by molar-refractivity contribution is 5.64. The highest BCUT2D eigenvalue weighted by Crippen LogP contribution is 2.31. The van der Waals surface area contributed by atoms with Crippen LogP contribution in [0.2, 0.25) is 0 Å². The summed E-state index contributed by atoms with van der Waals surface area (Å²) in [6.45, 7) is 3.46. The molecule has 2 aromatic heterocycles. The third-order valence-electron chi connectivity index (χ3n) is 4.31. The molecule has 0 aliphatic carbocycles. The quantitative estimate of drug-likeness (QED) is 0.739. The van der Waals surface area contributed by atoms with E-state index in [9.17, 15) is 4.39 Å². The zero-order valence-corrected chi connectivity index (χ0v) is 13.4. The molecule has 3 aromatic rings. The lowest BCUT2D eigenvalue weighted by molar-refractivity contribution is 0.378. The maximum atomic E-state index is 13.5. The summed E-state index contributed by atoms with van der Waals surface area (Å²) in [7, 11) is 0. The number of aromatic nitrogens is 3. The van der Waals surface area contributed by atoms with Crippen LogP contribution in [0.4, 0.5) is 10.3 Å². The fraction of sp³-hybridized carbons (Fsp3) is 0.278. The Balaban J connectivity index is 1.65. The largest absolute Gasteiger partial charge is 0.360 e. The Hall–Kier alpha value is -2.76. The lowest BCUT2D eigenvalue weighted by Crippen LogP contribution is -2.31. The van der Waals surface area contributed by atoms with E-state index >= 15 is 0 Å². The van der Waals surface area contributed by atoms with Gasteiger partial charge in [-0.2, -0.15) is 0 Å². The summed E-state index contributed by atoms with van der Waals surface area (Å²) < 4.78 is 19.0. The minimum Gasteiger partial charge on any atom is -0.360 e. The average Bonchev–Trinajstić information content (AvgIpc) is 3.05. The van der Waals surface area contributed by atoms with E-state index in [2.05, 4.69) is 26.9 Å². The van der Waals surface area contributed by atoms with Crippen molar-refractivity contribution < 1.29 is 8.91 Å². The Kier molecular flexibility index (Phi) is 3.72. The highest BCUT2D eigenvalue weighted by Gasteiger charge is 2.26. The van der Waals surface area contributed by atoms with Crippen molar-refractivity contribution in [2.45, 2.75) is 26.3 Å². The topological polar surface area (TPSA) is 55.1 Å². The van der Waals surface area contributed by atoms with Gasteiger partial charge in [-0.3, -0.25) is 0 Å². The minimum absolute atomic E-state index is 0.282. The molecule has 1 aliphatic rings. The third-order valence-corrected chi connectivity index (χ3v) is 4.31. The molecule has 1 aliphatic heterocycles. The van der Waals surface area contributed by atoms with Gasteiger partial charge in [0.2, 0.25) is 5.95 Å². The van der Waals surface area contributed by atoms with Crippen LogP contribution in [0.5, 0.6) is 0 Å². The zero-order chi connectivity index (χ0) is 16.5. The van der Waals surface area contributed by atoms with Gasteiger partial charge in [-0.25, -0.2) is 14.4 Å². The van der Waals surface area contributed by atoms with Crippen molar-refractivity contribution in [1.29, 1.82) is 0 Å². The van der Waals surface area contributed by atoms with E-state index in [4.69, 9.17) is 4.52 Å². The Morgan fingerprint density at radius 1 is 1.25 bits per heavy atom. The van der Waals surface area contributed by atoms with Gasteiger partial charge >= 0.3 is 0 Å². The van der Waals surface area contributed by atoms with Crippen LogP contribution in [0.15, 0.2) is 41.2 Å². The number of aryl methyl sites for hydroxylation is 1. The molecule has 24 heavy (non-hydrogen) atoms. The van der Waals surface area contributed by atoms with Gasteiger partial charge in [0.05, 0.1) is 6.54 Å². The number of rotatable bonds is 3. The van der Waals surface area contributed by atoms with Crippen molar-refractivity contribution in [3.05, 3.63) is 59.4 Å². The van der Waals surface area contributed by atoms with Gasteiger partial charge in [-0.05, 0) is 24.1 Å². The van der Waals surface area contributed by atoms with E-state index in [-0.39, 0.29) is 5.82 Å². The molecule has 3 heterocycles. The normalized spacial score (nSPS) is 13.8. The molecule has 0 amide bonds. The van der Waals surface area contributed by atoms with Crippen LogP contribution >= 0.6 is 0 Å². The predicted octanol–water partition coefficient (Wildman–Crippen LogP) is 3.40. The second-order valence-electron chi connectivity index (χ2n) is 5.86. The standard InChI is InChI=1S/C18H17FN4O/c1-2-12-9-20-18(21-10-12)23-7-6-16-15(11-23)17(22-24-16)13-4-3-5-14(19)8-13/h3-5,8-10H,2,6-7,11H2,1H3. The summed E-state index contributed by atoms with van der Waals surface area (Å²) in [5.74, 6) is 1.27. The molecule has 0 saturated carbocycles. The van der Waals surface area contributed by atoms with Gasteiger partial charge in [0.15, 0.2) is 0 Å². The first-order valence-electron chi connectivity index (χ1n) is 8.04. The summed E-state index contributed by atoms with van der Waals surface area (Å²) in [6, 6.07) is 6.42. The zero-order valence-electron chi connectivity index (χ0n) is 13.4. The Morgan fingerprint density at radius 3 is 2.83 bits per heavy atom. The van der Waals surface area contributed by atoms with Crippen LogP contribution in [0, 0.1) is 5.82 Å². The molecule has 122 valence electrons. The summed E-state index contributed by atoms with van der Waals surface area (Å²) >= 11 is 0. The first kappa shape index (κ1) is 14.8. The Labute approximate surface area is 139 Å². The summed E-state index contributed by atoms with van der Waals surface area (Å²) in [5.41, 5.74) is 3.51. The molecule has 4 rings (SSSR count). The monoisotopic (exact) mass is 324 g/mol. The molecule has 0 saturated heterocycles. The molecule has 0 atom stereocenters. The van der Waals surface area contributed by atoms with E-state index in [0.29, 0.717) is 18.2 Å². The van der Waals surface area contributed by atoms with Gasteiger partial charge in [0, 0.05) is 36.5 Å². The van der Waals surface area contributed by atoms with E-state index in [0.717, 1.165) is 41.8 Å². The van der Waals surface area contributed by atoms with Crippen molar-refractivity contribution in [1.82, 2.24) is 15.1 Å². The van der Waals surface area contributed by atoms with Crippen LogP contribution < -0.4 is 4.90 Å². The first-order chi connectivity index (χ1) is 11.7. The molecule has 0 spiro atoms. The van der Waals surface area contributed by atoms with Gasteiger partial charge in [0.1, 0.15) is 17.3 Å². The Bertz CT molecular complexity index is 860. The highest BCUT2D eigenvalue weighted by atomic mass is 19.1. The molecule has 0 fully saturated rings. The van der Waals surface area contributed by atoms with Crippen molar-refractivity contribution in [3.8, 4) is 11.3 Å². The maximum Gasteiger partial charge on any atom is 0.225 e. The number of anilines is 1. The molecule has 1 aromatic carbocycles. The second kappa shape index (κ2) is 6.03. The maximum absolute atomic E-state index is 13.5. The molecule has 5 nitrogen and oxygen atoms in total. The van der Waals surface area contributed by atoms with Crippen LogP contribution in [-0.2, 0) is 19.4 Å². The summed E-state index contributed by atoms with van der Waals surface area (Å²) in [4.78, 5) is 11.0. The van der Waals surface area contributed by atoms with Gasteiger partial charge in [-0.1, -0.05) is 24.2 Å². The SMILES string of the molecule is CCc1cnc(N2CCc3onc(-c4cccc(F)c4)c3C2)nc1. The van der Waals surface area contributed by atoms with Crippen molar-refractivity contribution in [2.75, 3.05) is 11.4 Å². The Morgan fingerprint density at radius 2 is 2.08 bits per heavy atom. The second-order valence-corrected chi connectivity index (χ2v) is 5.86. The van der Waals surface area contributed by atoms with Gasteiger partial charge < -0.3 is 9.42 Å². The van der Waals surface area contributed by atoms with Crippen molar-refractivity contribution in [3.63, 3.8) is 0 Å². The number of fused-ring (bicyclic) bond motifs is 1. The van der Waals surface area contributed by atoms with Gasteiger partial charge in [0.25, 0.3) is 0 Å². The van der Waals surface area contributed by atoms with Crippen LogP contribution in [0.3, 0.4) is 0 Å². The number of hydrogen-bond donors (Lipinski definition) is 0. The molecule has 6 heteroatoms. The summed E-state index contributed by atoms with van der Waals surface area (Å²) in [6.07, 6.45) is 5.37. The van der Waals surface area contributed by atoms with E-state index in [1.54, 1.807) is 6.07 Å². The average molecular weight is 324 g/mol.